The van der Waals surface area contributed by atoms with Crippen molar-refractivity contribution in [3.05, 3.63) is 41.1 Å². The molecule has 30 heavy (non-hydrogen) atoms. The van der Waals surface area contributed by atoms with Crippen LogP contribution in [0.5, 0.6) is 0 Å². The first-order valence-corrected chi connectivity index (χ1v) is 10.1. The molecule has 1 aliphatic rings. The maximum Gasteiger partial charge on any atom is 0.355 e. The van der Waals surface area contributed by atoms with E-state index in [1.54, 1.807) is 24.3 Å². The molecule has 1 aromatic carbocycles. The first kappa shape index (κ1) is 23.4. The molecule has 8 heteroatoms. The lowest BCUT2D eigenvalue weighted by Crippen LogP contribution is -2.38. The zero-order valence-electron chi connectivity index (χ0n) is 17.8. The lowest BCUT2D eigenvalue weighted by Gasteiger charge is -2.31. The van der Waals surface area contributed by atoms with Gasteiger partial charge in [-0.15, -0.1) is 0 Å². The molecule has 0 aromatic heterocycles. The van der Waals surface area contributed by atoms with E-state index >= 15 is 0 Å². The van der Waals surface area contributed by atoms with E-state index in [0.29, 0.717) is 17.9 Å². The van der Waals surface area contributed by atoms with Crippen molar-refractivity contribution in [2.75, 3.05) is 39.1 Å². The third kappa shape index (κ3) is 6.06. The van der Waals surface area contributed by atoms with Crippen molar-refractivity contribution in [3.8, 4) is 0 Å². The molecule has 2 rings (SSSR count). The molecule has 0 unspecified atom stereocenters. The smallest absolute Gasteiger partial charge is 0.355 e. The second-order valence-corrected chi connectivity index (χ2v) is 6.81. The lowest BCUT2D eigenvalue weighted by molar-refractivity contribution is -0.140. The summed E-state index contributed by atoms with van der Waals surface area (Å²) in [5.74, 6) is -1.74. The fourth-order valence-electron chi connectivity index (χ4n) is 3.08. The fourth-order valence-corrected chi connectivity index (χ4v) is 3.08. The molecular formula is C22H29NO7. The number of hydrogen-bond donors (Lipinski definition) is 0. The zero-order valence-corrected chi connectivity index (χ0v) is 17.8. The molecule has 0 spiro atoms. The van der Waals surface area contributed by atoms with Crippen molar-refractivity contribution < 1.29 is 33.3 Å². The quantitative estimate of drug-likeness (QED) is 0.324. The standard InChI is InChI=1S/C22H29NO7/c1-4-5-6-7-8-13-30-20(24)16-9-11-17(12-10-16)23-15-29-14-18(21(25)27-2)19(23)22(26)28-3/h9-12H,4-8,13-15H2,1-3H3. The van der Waals surface area contributed by atoms with Crippen LogP contribution in [-0.2, 0) is 28.5 Å². The minimum atomic E-state index is -0.676. The largest absolute Gasteiger partial charge is 0.466 e. The van der Waals surface area contributed by atoms with E-state index in [-0.39, 0.29) is 24.6 Å². The maximum absolute atomic E-state index is 12.3. The van der Waals surface area contributed by atoms with Crippen LogP contribution in [0.2, 0.25) is 0 Å². The van der Waals surface area contributed by atoms with Crippen molar-refractivity contribution in [2.24, 2.45) is 0 Å². The highest BCUT2D eigenvalue weighted by Crippen LogP contribution is 2.27. The molecule has 0 bridgehead atoms. The summed E-state index contributed by atoms with van der Waals surface area (Å²) in [6.07, 6.45) is 5.39. The van der Waals surface area contributed by atoms with E-state index in [1.807, 2.05) is 0 Å². The minimum Gasteiger partial charge on any atom is -0.466 e. The Morgan fingerprint density at radius 3 is 2.23 bits per heavy atom. The van der Waals surface area contributed by atoms with E-state index in [1.165, 1.54) is 32.0 Å². The number of esters is 3. The number of methoxy groups -OCH3 is 2. The van der Waals surface area contributed by atoms with Crippen LogP contribution < -0.4 is 4.90 Å². The van der Waals surface area contributed by atoms with E-state index in [0.717, 1.165) is 19.3 Å². The molecule has 0 atom stereocenters. The van der Waals surface area contributed by atoms with Gasteiger partial charge >= 0.3 is 17.9 Å². The summed E-state index contributed by atoms with van der Waals surface area (Å²) in [6.45, 7) is 2.53. The number of anilines is 1. The van der Waals surface area contributed by atoms with Gasteiger partial charge in [-0.05, 0) is 30.7 Å². The van der Waals surface area contributed by atoms with Gasteiger partial charge < -0.3 is 23.8 Å². The Labute approximate surface area is 176 Å². The molecule has 0 saturated heterocycles. The van der Waals surface area contributed by atoms with Gasteiger partial charge in [0.25, 0.3) is 0 Å². The molecule has 0 fully saturated rings. The van der Waals surface area contributed by atoms with Crippen LogP contribution in [0.25, 0.3) is 0 Å². The lowest BCUT2D eigenvalue weighted by atomic mass is 10.1. The Hall–Kier alpha value is -2.87. The monoisotopic (exact) mass is 419 g/mol. The van der Waals surface area contributed by atoms with E-state index in [2.05, 4.69) is 6.92 Å². The highest BCUT2D eigenvalue weighted by Gasteiger charge is 2.32. The molecule has 0 aliphatic carbocycles. The number of ether oxygens (including phenoxy) is 4. The van der Waals surface area contributed by atoms with Gasteiger partial charge in [0.05, 0.1) is 38.6 Å². The van der Waals surface area contributed by atoms with Gasteiger partial charge in [-0.2, -0.15) is 0 Å². The second kappa shape index (κ2) is 12.0. The number of unbranched alkanes of at least 4 members (excludes halogenated alkanes) is 4. The maximum atomic E-state index is 12.3. The number of hydrogen-bond acceptors (Lipinski definition) is 8. The topological polar surface area (TPSA) is 91.4 Å². The number of nitrogens with zero attached hydrogens (tertiary/aromatic N) is 1. The number of benzene rings is 1. The molecule has 164 valence electrons. The summed E-state index contributed by atoms with van der Waals surface area (Å²) in [4.78, 5) is 38.1. The van der Waals surface area contributed by atoms with Crippen LogP contribution in [0, 0.1) is 0 Å². The third-order valence-corrected chi connectivity index (χ3v) is 4.73. The van der Waals surface area contributed by atoms with Gasteiger partial charge in [0.2, 0.25) is 0 Å². The first-order valence-electron chi connectivity index (χ1n) is 10.1. The fraction of sp³-hybridized carbons (Fsp3) is 0.500. The van der Waals surface area contributed by atoms with Gasteiger partial charge in [-0.3, -0.25) is 0 Å². The van der Waals surface area contributed by atoms with Gasteiger partial charge in [0.1, 0.15) is 12.4 Å². The molecule has 8 nitrogen and oxygen atoms in total. The van der Waals surface area contributed by atoms with Crippen LogP contribution in [0.15, 0.2) is 35.5 Å². The van der Waals surface area contributed by atoms with Crippen LogP contribution in [0.4, 0.5) is 5.69 Å². The van der Waals surface area contributed by atoms with Crippen molar-refractivity contribution in [2.45, 2.75) is 39.0 Å². The molecule has 1 heterocycles. The Bertz CT molecular complexity index is 770. The molecule has 1 aliphatic heterocycles. The van der Waals surface area contributed by atoms with Gasteiger partial charge in [0.15, 0.2) is 0 Å². The predicted molar refractivity (Wildman–Crippen MR) is 110 cm³/mol. The Morgan fingerprint density at radius 2 is 1.60 bits per heavy atom. The molecular weight excluding hydrogens is 390 g/mol. The number of carbonyl (C=O) groups is 3. The number of carbonyl (C=O) groups excluding carboxylic acids is 3. The highest BCUT2D eigenvalue weighted by molar-refractivity contribution is 6.03. The summed E-state index contributed by atoms with van der Waals surface area (Å²) in [5, 5.41) is 0. The SMILES string of the molecule is CCCCCCCOC(=O)c1ccc(N2COCC(C(=O)OC)=C2C(=O)OC)cc1. The van der Waals surface area contributed by atoms with Crippen LogP contribution in [0.1, 0.15) is 49.4 Å². The zero-order chi connectivity index (χ0) is 21.9. The van der Waals surface area contributed by atoms with Crippen LogP contribution >= 0.6 is 0 Å². The van der Waals surface area contributed by atoms with Crippen LogP contribution in [0.3, 0.4) is 0 Å². The Kier molecular flexibility index (Phi) is 9.34. The van der Waals surface area contributed by atoms with Gasteiger partial charge in [-0.25, -0.2) is 14.4 Å². The van der Waals surface area contributed by atoms with E-state index in [9.17, 15) is 14.4 Å². The van der Waals surface area contributed by atoms with Crippen LogP contribution in [-0.4, -0.2) is 52.1 Å². The molecule has 0 amide bonds. The van der Waals surface area contributed by atoms with Crippen molar-refractivity contribution in [3.63, 3.8) is 0 Å². The van der Waals surface area contributed by atoms with Crippen molar-refractivity contribution in [1.29, 1.82) is 0 Å². The second-order valence-electron chi connectivity index (χ2n) is 6.81. The summed E-state index contributed by atoms with van der Waals surface area (Å²) in [7, 11) is 2.46. The van der Waals surface area contributed by atoms with Crippen molar-refractivity contribution >= 4 is 23.6 Å². The predicted octanol–water partition coefficient (Wildman–Crippen LogP) is 3.21. The highest BCUT2D eigenvalue weighted by atomic mass is 16.5. The summed E-state index contributed by atoms with van der Waals surface area (Å²) < 4.78 is 20.3. The molecule has 0 radical (unpaired) electrons. The van der Waals surface area contributed by atoms with E-state index in [4.69, 9.17) is 18.9 Å². The molecule has 0 N–H and O–H groups in total. The summed E-state index contributed by atoms with van der Waals surface area (Å²) >= 11 is 0. The molecule has 1 aromatic rings. The summed E-state index contributed by atoms with van der Waals surface area (Å²) in [5.41, 5.74) is 1.09. The first-order chi connectivity index (χ1) is 14.5. The molecule has 0 saturated carbocycles. The number of rotatable bonds is 10. The normalized spacial score (nSPS) is 13.8. The van der Waals surface area contributed by atoms with E-state index < -0.39 is 17.9 Å². The van der Waals surface area contributed by atoms with Crippen molar-refractivity contribution in [1.82, 2.24) is 0 Å². The average Bonchev–Trinajstić information content (AvgIpc) is 2.79. The van der Waals surface area contributed by atoms with Gasteiger partial charge in [0, 0.05) is 5.69 Å². The average molecular weight is 419 g/mol. The Balaban J connectivity index is 2.09. The Morgan fingerprint density at radius 1 is 0.933 bits per heavy atom. The summed E-state index contributed by atoms with van der Waals surface area (Å²) in [6, 6.07) is 6.53. The third-order valence-electron chi connectivity index (χ3n) is 4.73. The van der Waals surface area contributed by atoms with Gasteiger partial charge in [-0.1, -0.05) is 32.6 Å². The minimum absolute atomic E-state index is 0.0481.